The zero-order chi connectivity index (χ0) is 17.5. The van der Waals surface area contributed by atoms with Gasteiger partial charge in [0.25, 0.3) is 0 Å². The molecule has 0 spiro atoms. The first-order valence-electron chi connectivity index (χ1n) is 7.87. The lowest BCUT2D eigenvalue weighted by Gasteiger charge is -2.14. The number of halogens is 2. The Balaban J connectivity index is 0.00000243. The zero-order valence-corrected chi connectivity index (χ0v) is 16.6. The third-order valence-corrected chi connectivity index (χ3v) is 4.74. The van der Waals surface area contributed by atoms with Crippen molar-refractivity contribution in [3.05, 3.63) is 75.2 Å². The van der Waals surface area contributed by atoms with Crippen LogP contribution in [0.15, 0.2) is 54.2 Å². The van der Waals surface area contributed by atoms with Crippen molar-refractivity contribution in [2.24, 2.45) is 0 Å². The minimum Gasteiger partial charge on any atom is -1.00 e. The molecule has 2 heterocycles. The molecule has 0 radical (unpaired) electrons. The molecular formula is C19H19Cl2N2O2S-. The highest BCUT2D eigenvalue weighted by atomic mass is 35.5. The first-order chi connectivity index (χ1) is 12.3. The van der Waals surface area contributed by atoms with Gasteiger partial charge in [0, 0.05) is 30.4 Å². The van der Waals surface area contributed by atoms with Crippen LogP contribution in [-0.2, 0) is 19.7 Å². The third kappa shape index (κ3) is 5.61. The third-order valence-electron chi connectivity index (χ3n) is 3.61. The molecule has 0 bridgehead atoms. The molecule has 0 fully saturated rings. The van der Waals surface area contributed by atoms with Crippen LogP contribution in [0.3, 0.4) is 0 Å². The topological polar surface area (TPSA) is 43.4 Å². The van der Waals surface area contributed by atoms with Crippen molar-refractivity contribution in [2.75, 3.05) is 7.11 Å². The largest absolute Gasteiger partial charge is 1.00 e. The Morgan fingerprint density at radius 2 is 2.00 bits per heavy atom. The molecule has 3 aromatic rings. The van der Waals surface area contributed by atoms with Crippen molar-refractivity contribution in [2.45, 2.75) is 19.7 Å². The second kappa shape index (κ2) is 10.4. The first kappa shape index (κ1) is 20.5. The quantitative estimate of drug-likeness (QED) is 0.614. The number of benzene rings is 1. The fraction of sp³-hybridized carbons (Fsp3) is 0.211. The molecule has 1 N–H and O–H groups in total. The first-order valence-corrected chi connectivity index (χ1v) is 9.13. The van der Waals surface area contributed by atoms with Crippen LogP contribution in [0.25, 0.3) is 0 Å². The molecule has 0 aliphatic heterocycles. The summed E-state index contributed by atoms with van der Waals surface area (Å²) in [7, 11) is 1.62. The summed E-state index contributed by atoms with van der Waals surface area (Å²) in [6.45, 7) is 1.90. The van der Waals surface area contributed by atoms with Gasteiger partial charge >= 0.3 is 0 Å². The summed E-state index contributed by atoms with van der Waals surface area (Å²) in [4.78, 5) is 5.25. The molecule has 138 valence electrons. The summed E-state index contributed by atoms with van der Waals surface area (Å²) in [6.07, 6.45) is 3.62. The van der Waals surface area contributed by atoms with E-state index in [4.69, 9.17) is 21.1 Å². The van der Waals surface area contributed by atoms with Crippen LogP contribution in [0.4, 0.5) is 0 Å². The summed E-state index contributed by atoms with van der Waals surface area (Å²) < 4.78 is 11.3. The van der Waals surface area contributed by atoms with E-state index < -0.39 is 0 Å². The van der Waals surface area contributed by atoms with Gasteiger partial charge in [-0.25, -0.2) is 0 Å². The van der Waals surface area contributed by atoms with Gasteiger partial charge in [-0.2, -0.15) is 0 Å². The molecule has 0 saturated heterocycles. The van der Waals surface area contributed by atoms with E-state index in [-0.39, 0.29) is 12.4 Å². The molecule has 0 atom stereocenters. The second-order valence-corrected chi connectivity index (χ2v) is 6.88. The number of hydrogen-bond donors (Lipinski definition) is 1. The molecule has 1 aromatic carbocycles. The van der Waals surface area contributed by atoms with E-state index in [2.05, 4.69) is 10.3 Å². The molecule has 2 aromatic heterocycles. The number of ether oxygens (including phenoxy) is 2. The Morgan fingerprint density at radius 3 is 2.69 bits per heavy atom. The van der Waals surface area contributed by atoms with Crippen molar-refractivity contribution in [3.8, 4) is 11.5 Å². The maximum atomic E-state index is 6.41. The lowest BCUT2D eigenvalue weighted by molar-refractivity contribution is -0.00000552. The van der Waals surface area contributed by atoms with Crippen LogP contribution in [-0.4, -0.2) is 12.1 Å². The molecular weight excluding hydrogens is 391 g/mol. The highest BCUT2D eigenvalue weighted by molar-refractivity contribution is 7.09. The number of hydrogen-bond acceptors (Lipinski definition) is 5. The van der Waals surface area contributed by atoms with Gasteiger partial charge in [0.1, 0.15) is 6.61 Å². The number of aromatic nitrogens is 1. The number of nitrogens with zero attached hydrogens (tertiary/aromatic N) is 1. The highest BCUT2D eigenvalue weighted by Crippen LogP contribution is 2.37. The van der Waals surface area contributed by atoms with E-state index >= 15 is 0 Å². The second-order valence-electron chi connectivity index (χ2n) is 5.44. The van der Waals surface area contributed by atoms with Gasteiger partial charge in [0.2, 0.25) is 0 Å². The highest BCUT2D eigenvalue weighted by Gasteiger charge is 2.12. The van der Waals surface area contributed by atoms with E-state index in [1.54, 1.807) is 24.6 Å². The summed E-state index contributed by atoms with van der Waals surface area (Å²) in [5.41, 5.74) is 2.17. The smallest absolute Gasteiger partial charge is 0.180 e. The zero-order valence-electron chi connectivity index (χ0n) is 14.2. The lowest BCUT2D eigenvalue weighted by atomic mass is 10.2. The molecule has 3 rings (SSSR count). The average Bonchev–Trinajstić information content (AvgIpc) is 3.15. The fourth-order valence-electron chi connectivity index (χ4n) is 2.41. The Morgan fingerprint density at radius 1 is 1.15 bits per heavy atom. The molecule has 0 amide bonds. The predicted octanol–water partition coefficient (Wildman–Crippen LogP) is 1.68. The van der Waals surface area contributed by atoms with Gasteiger partial charge in [-0.3, -0.25) is 4.98 Å². The monoisotopic (exact) mass is 409 g/mol. The van der Waals surface area contributed by atoms with Crippen molar-refractivity contribution in [1.82, 2.24) is 10.3 Å². The van der Waals surface area contributed by atoms with Crippen molar-refractivity contribution in [3.63, 3.8) is 0 Å². The predicted molar refractivity (Wildman–Crippen MR) is 101 cm³/mol. The number of nitrogens with one attached hydrogen (secondary N) is 1. The van der Waals surface area contributed by atoms with E-state index in [9.17, 15) is 0 Å². The van der Waals surface area contributed by atoms with Crippen molar-refractivity contribution in [1.29, 1.82) is 0 Å². The van der Waals surface area contributed by atoms with Crippen molar-refractivity contribution >= 4 is 22.9 Å². The summed E-state index contributed by atoms with van der Waals surface area (Å²) in [5.74, 6) is 1.22. The van der Waals surface area contributed by atoms with E-state index in [0.717, 1.165) is 22.5 Å². The van der Waals surface area contributed by atoms with Gasteiger partial charge in [-0.15, -0.1) is 11.3 Å². The molecule has 0 saturated carbocycles. The van der Waals surface area contributed by atoms with E-state index in [0.29, 0.717) is 29.7 Å². The van der Waals surface area contributed by atoms with Gasteiger partial charge in [-0.1, -0.05) is 23.7 Å². The minimum absolute atomic E-state index is 0. The van der Waals surface area contributed by atoms with Crippen LogP contribution in [0.2, 0.25) is 5.02 Å². The van der Waals surface area contributed by atoms with Crippen LogP contribution >= 0.6 is 22.9 Å². The Labute approximate surface area is 168 Å². The van der Waals surface area contributed by atoms with Gasteiger partial charge in [-0.05, 0) is 40.8 Å². The SMILES string of the molecule is COc1cc(CNCc2cccnc2)cc(Cl)c1OCc1cccs1.[Cl-]. The molecule has 0 unspecified atom stereocenters. The minimum atomic E-state index is 0. The maximum absolute atomic E-state index is 6.41. The number of rotatable bonds is 8. The molecule has 4 nitrogen and oxygen atoms in total. The standard InChI is InChI=1S/C19H19ClN2O2S.ClH/c1-23-18-9-15(12-22-11-14-4-2-6-21-10-14)8-17(20)19(18)24-13-16-5-3-7-25-16;/h2-10,22H,11-13H2,1H3;1H/p-1. The van der Waals surface area contributed by atoms with E-state index in [1.807, 2.05) is 48.0 Å². The summed E-state index contributed by atoms with van der Waals surface area (Å²) >= 11 is 8.06. The van der Waals surface area contributed by atoms with Crippen LogP contribution in [0.1, 0.15) is 16.0 Å². The van der Waals surface area contributed by atoms with Gasteiger partial charge in [0.15, 0.2) is 11.5 Å². The Bertz CT molecular complexity index is 799. The fourth-order valence-corrected chi connectivity index (χ4v) is 3.31. The van der Waals surface area contributed by atoms with Gasteiger partial charge < -0.3 is 27.2 Å². The van der Waals surface area contributed by atoms with Crippen LogP contribution in [0, 0.1) is 0 Å². The average molecular weight is 410 g/mol. The molecule has 7 heteroatoms. The number of methoxy groups -OCH3 is 1. The molecule has 0 aliphatic rings. The Hall–Kier alpha value is -1.79. The normalized spacial score (nSPS) is 10.2. The van der Waals surface area contributed by atoms with Crippen molar-refractivity contribution < 1.29 is 21.9 Å². The van der Waals surface area contributed by atoms with Crippen LogP contribution in [0.5, 0.6) is 11.5 Å². The molecule has 0 aliphatic carbocycles. The number of thiophene rings is 1. The van der Waals surface area contributed by atoms with Gasteiger partial charge in [0.05, 0.1) is 12.1 Å². The maximum Gasteiger partial charge on any atom is 0.180 e. The Kier molecular flexibility index (Phi) is 8.19. The summed E-state index contributed by atoms with van der Waals surface area (Å²) in [5, 5.41) is 5.95. The number of pyridine rings is 1. The van der Waals surface area contributed by atoms with Crippen LogP contribution < -0.4 is 27.2 Å². The summed E-state index contributed by atoms with van der Waals surface area (Å²) in [6, 6.07) is 11.8. The lowest BCUT2D eigenvalue weighted by Crippen LogP contribution is -3.00. The van der Waals surface area contributed by atoms with E-state index in [1.165, 1.54) is 0 Å². The molecule has 26 heavy (non-hydrogen) atoms.